The molecule has 1 rings (SSSR count). The minimum Gasteiger partial charge on any atom is -0.383 e. The van der Waals surface area contributed by atoms with Gasteiger partial charge in [-0.25, -0.2) is 9.97 Å². The van der Waals surface area contributed by atoms with E-state index in [-0.39, 0.29) is 16.8 Å². The molecule has 0 bridgehead atoms. The molecule has 78 valence electrons. The summed E-state index contributed by atoms with van der Waals surface area (Å²) in [5.41, 5.74) is 10.5. The van der Waals surface area contributed by atoms with Gasteiger partial charge in [-0.3, -0.25) is 0 Å². The largest absolute Gasteiger partial charge is 0.398 e. The molecule has 0 radical (unpaired) electrons. The van der Waals surface area contributed by atoms with Crippen LogP contribution in [0.2, 0.25) is 0 Å². The van der Waals surface area contributed by atoms with Crippen LogP contribution in [0.4, 0.5) is 24.8 Å². The number of nitrogen functional groups attached to an aromatic ring is 2. The summed E-state index contributed by atoms with van der Waals surface area (Å²) in [7, 11) is 0. The summed E-state index contributed by atoms with van der Waals surface area (Å²) in [4.78, 5) is 7.17. The van der Waals surface area contributed by atoms with Gasteiger partial charge in [-0.15, -0.1) is 0 Å². The van der Waals surface area contributed by atoms with Crippen LogP contribution in [-0.2, 0) is 0 Å². The molecule has 0 atom stereocenters. The number of thioether (sulfide) groups is 1. The monoisotopic (exact) mass is 224 g/mol. The normalized spacial score (nSPS) is 11.6. The van der Waals surface area contributed by atoms with E-state index in [1.807, 2.05) is 0 Å². The molecule has 0 unspecified atom stereocenters. The predicted molar refractivity (Wildman–Crippen MR) is 47.6 cm³/mol. The second-order valence-corrected chi connectivity index (χ2v) is 3.35. The van der Waals surface area contributed by atoms with Crippen LogP contribution in [0.25, 0.3) is 0 Å². The van der Waals surface area contributed by atoms with Crippen LogP contribution in [0.5, 0.6) is 0 Å². The summed E-state index contributed by atoms with van der Waals surface area (Å²) in [6, 6.07) is 1.28. The van der Waals surface area contributed by atoms with E-state index < -0.39 is 11.9 Å². The number of nitrogens with zero attached hydrogens (tertiary/aromatic N) is 2. The molecule has 0 saturated heterocycles. The zero-order valence-electron chi connectivity index (χ0n) is 6.88. The van der Waals surface area contributed by atoms with E-state index in [2.05, 4.69) is 9.97 Å². The maximum atomic E-state index is 11.8. The Morgan fingerprint density at radius 1 is 1.21 bits per heavy atom. The van der Waals surface area contributed by atoms with Crippen molar-refractivity contribution in [1.82, 2.24) is 9.97 Å². The van der Waals surface area contributed by atoms with Crippen molar-refractivity contribution >= 4 is 23.4 Å². The first-order chi connectivity index (χ1) is 6.37. The van der Waals surface area contributed by atoms with Crippen LogP contribution in [0.3, 0.4) is 0 Å². The summed E-state index contributed by atoms with van der Waals surface area (Å²) in [5, 5.41) is -0.0696. The van der Waals surface area contributed by atoms with Crippen molar-refractivity contribution in [2.24, 2.45) is 0 Å². The number of aromatic nitrogens is 2. The third-order valence-electron chi connectivity index (χ3n) is 1.11. The van der Waals surface area contributed by atoms with Gasteiger partial charge in [-0.2, -0.15) is 13.2 Å². The summed E-state index contributed by atoms with van der Waals surface area (Å²) in [6.45, 7) is 0. The lowest BCUT2D eigenvalue weighted by Gasteiger charge is -2.05. The van der Waals surface area contributed by atoms with Gasteiger partial charge in [0.05, 0.1) is 5.75 Å². The van der Waals surface area contributed by atoms with Crippen molar-refractivity contribution in [3.8, 4) is 0 Å². The Hall–Kier alpha value is -1.18. The number of nitrogens with two attached hydrogens (primary N) is 2. The zero-order valence-corrected chi connectivity index (χ0v) is 7.69. The Bertz CT molecular complexity index is 307. The first kappa shape index (κ1) is 10.9. The average molecular weight is 224 g/mol. The lowest BCUT2D eigenvalue weighted by molar-refractivity contribution is -0.105. The van der Waals surface area contributed by atoms with Crippen LogP contribution in [0, 0.1) is 0 Å². The molecular formula is C6H7F3N4S. The molecule has 0 aliphatic heterocycles. The molecule has 0 fully saturated rings. The Morgan fingerprint density at radius 2 is 1.71 bits per heavy atom. The van der Waals surface area contributed by atoms with E-state index in [1.165, 1.54) is 6.07 Å². The molecule has 0 aliphatic rings. The van der Waals surface area contributed by atoms with E-state index >= 15 is 0 Å². The van der Waals surface area contributed by atoms with Gasteiger partial charge in [-0.1, -0.05) is 11.8 Å². The van der Waals surface area contributed by atoms with Gasteiger partial charge in [0.15, 0.2) is 5.16 Å². The molecule has 4 nitrogen and oxygen atoms in total. The topological polar surface area (TPSA) is 77.8 Å². The van der Waals surface area contributed by atoms with Crippen molar-refractivity contribution in [2.45, 2.75) is 11.3 Å². The van der Waals surface area contributed by atoms with Gasteiger partial charge < -0.3 is 11.5 Å². The Balaban J connectivity index is 2.68. The second kappa shape index (κ2) is 3.91. The molecule has 0 aromatic carbocycles. The fraction of sp³-hybridized carbons (Fsp3) is 0.333. The molecule has 0 aliphatic carbocycles. The lowest BCUT2D eigenvalue weighted by Crippen LogP contribution is -2.11. The number of hydrogen-bond donors (Lipinski definition) is 2. The van der Waals surface area contributed by atoms with Crippen molar-refractivity contribution in [2.75, 3.05) is 17.2 Å². The Morgan fingerprint density at radius 3 is 2.14 bits per heavy atom. The van der Waals surface area contributed by atoms with Crippen LogP contribution in [0.1, 0.15) is 0 Å². The van der Waals surface area contributed by atoms with Crippen LogP contribution >= 0.6 is 11.8 Å². The summed E-state index contributed by atoms with van der Waals surface area (Å²) < 4.78 is 35.4. The SMILES string of the molecule is Nc1cc(N)nc(SCC(F)(F)F)n1. The number of halogens is 3. The van der Waals surface area contributed by atoms with E-state index in [0.717, 1.165) is 0 Å². The highest BCUT2D eigenvalue weighted by molar-refractivity contribution is 7.99. The third kappa shape index (κ3) is 3.69. The molecule has 0 amide bonds. The number of alkyl halides is 3. The van der Waals surface area contributed by atoms with Crippen LogP contribution in [-0.4, -0.2) is 21.9 Å². The number of rotatable bonds is 2. The summed E-state index contributed by atoms with van der Waals surface area (Å²) >= 11 is 0.448. The van der Waals surface area contributed by atoms with Gasteiger partial charge in [-0.05, 0) is 0 Å². The molecule has 1 aromatic rings. The molecule has 8 heteroatoms. The summed E-state index contributed by atoms with van der Waals surface area (Å²) in [6.07, 6.45) is -4.26. The summed E-state index contributed by atoms with van der Waals surface area (Å²) in [5.74, 6) is -0.944. The van der Waals surface area contributed by atoms with Gasteiger partial charge in [0.25, 0.3) is 0 Å². The fourth-order valence-corrected chi connectivity index (χ4v) is 1.31. The minimum atomic E-state index is -4.26. The maximum Gasteiger partial charge on any atom is 0.398 e. The fourth-order valence-electron chi connectivity index (χ4n) is 0.673. The van der Waals surface area contributed by atoms with Gasteiger partial charge in [0.1, 0.15) is 11.6 Å². The van der Waals surface area contributed by atoms with E-state index in [9.17, 15) is 13.2 Å². The van der Waals surface area contributed by atoms with Crippen LogP contribution < -0.4 is 11.5 Å². The quantitative estimate of drug-likeness (QED) is 0.584. The lowest BCUT2D eigenvalue weighted by atomic mass is 10.5. The highest BCUT2D eigenvalue weighted by atomic mass is 32.2. The average Bonchev–Trinajstić information content (AvgIpc) is 1.97. The Kier molecular flexibility index (Phi) is 3.04. The standard InChI is InChI=1S/C6H7F3N4S/c7-6(8,9)2-14-5-12-3(10)1-4(11)13-5/h1H,2H2,(H4,10,11,12,13). The van der Waals surface area contributed by atoms with Crippen molar-refractivity contribution in [3.63, 3.8) is 0 Å². The molecule has 1 heterocycles. The van der Waals surface area contributed by atoms with Crippen LogP contribution in [0.15, 0.2) is 11.2 Å². The molecule has 4 N–H and O–H groups in total. The Labute approximate surface area is 81.9 Å². The molecule has 14 heavy (non-hydrogen) atoms. The molecule has 0 saturated carbocycles. The highest BCUT2D eigenvalue weighted by Gasteiger charge is 2.27. The zero-order chi connectivity index (χ0) is 10.8. The first-order valence-corrected chi connectivity index (χ1v) is 4.45. The van der Waals surface area contributed by atoms with Gasteiger partial charge in [0, 0.05) is 6.07 Å². The number of hydrogen-bond acceptors (Lipinski definition) is 5. The van der Waals surface area contributed by atoms with Crippen molar-refractivity contribution in [3.05, 3.63) is 6.07 Å². The highest BCUT2D eigenvalue weighted by Crippen LogP contribution is 2.25. The van der Waals surface area contributed by atoms with Crippen molar-refractivity contribution < 1.29 is 13.2 Å². The second-order valence-electron chi connectivity index (χ2n) is 2.40. The van der Waals surface area contributed by atoms with E-state index in [4.69, 9.17) is 11.5 Å². The first-order valence-electron chi connectivity index (χ1n) is 3.46. The van der Waals surface area contributed by atoms with E-state index in [0.29, 0.717) is 11.8 Å². The smallest absolute Gasteiger partial charge is 0.383 e. The number of anilines is 2. The minimum absolute atomic E-state index is 0.0576. The van der Waals surface area contributed by atoms with Gasteiger partial charge in [0.2, 0.25) is 0 Å². The molecular weight excluding hydrogens is 217 g/mol. The van der Waals surface area contributed by atoms with E-state index in [1.54, 1.807) is 0 Å². The molecule has 1 aromatic heterocycles. The maximum absolute atomic E-state index is 11.8. The molecule has 0 spiro atoms. The third-order valence-corrected chi connectivity index (χ3v) is 2.02. The predicted octanol–water partition coefficient (Wildman–Crippen LogP) is 1.30. The van der Waals surface area contributed by atoms with Gasteiger partial charge >= 0.3 is 6.18 Å². The van der Waals surface area contributed by atoms with Crippen molar-refractivity contribution in [1.29, 1.82) is 0 Å².